The zero-order valence-electron chi connectivity index (χ0n) is 9.97. The fourth-order valence-electron chi connectivity index (χ4n) is 2.19. The molecule has 0 spiro atoms. The molecule has 0 unspecified atom stereocenters. The van der Waals surface area contributed by atoms with E-state index in [9.17, 15) is 4.79 Å². The van der Waals surface area contributed by atoms with Crippen LogP contribution in [0.3, 0.4) is 0 Å². The highest BCUT2D eigenvalue weighted by molar-refractivity contribution is 8.00. The van der Waals surface area contributed by atoms with Gasteiger partial charge in [0.1, 0.15) is 5.78 Å². The van der Waals surface area contributed by atoms with E-state index >= 15 is 0 Å². The molecule has 0 bridgehead atoms. The molecule has 1 aliphatic carbocycles. The molecular weight excluding hydrogens is 305 g/mol. The van der Waals surface area contributed by atoms with Gasteiger partial charge in [-0.05, 0) is 18.9 Å². The molecule has 0 N–H and O–H groups in total. The van der Waals surface area contributed by atoms with Gasteiger partial charge in [0.15, 0.2) is 10.8 Å². The van der Waals surface area contributed by atoms with Crippen LogP contribution in [-0.4, -0.2) is 25.6 Å². The highest BCUT2D eigenvalue weighted by Gasteiger charge is 2.25. The smallest absolute Gasteiger partial charge is 0.196 e. The van der Waals surface area contributed by atoms with Crippen molar-refractivity contribution in [3.8, 4) is 0 Å². The fourth-order valence-corrected chi connectivity index (χ4v) is 3.82. The minimum absolute atomic E-state index is 0.0288. The van der Waals surface area contributed by atoms with Crippen LogP contribution in [0.25, 0.3) is 5.65 Å². The van der Waals surface area contributed by atoms with Crippen LogP contribution in [0.1, 0.15) is 25.7 Å². The minimum atomic E-state index is -0.0288. The molecule has 0 saturated heterocycles. The molecular formula is C12H11Cl2N3OS. The maximum Gasteiger partial charge on any atom is 0.196 e. The number of carbonyl (C=O) groups excluding carboxylic acids is 1. The lowest BCUT2D eigenvalue weighted by Gasteiger charge is -2.18. The number of halogens is 2. The summed E-state index contributed by atoms with van der Waals surface area (Å²) in [5.74, 6) is 0.293. The summed E-state index contributed by atoms with van der Waals surface area (Å²) in [7, 11) is 0. The Morgan fingerprint density at radius 1 is 1.32 bits per heavy atom. The summed E-state index contributed by atoms with van der Waals surface area (Å²) >= 11 is 13.5. The molecule has 1 fully saturated rings. The number of thioether (sulfide) groups is 1. The van der Waals surface area contributed by atoms with Gasteiger partial charge in [0.2, 0.25) is 0 Å². The van der Waals surface area contributed by atoms with Crippen LogP contribution in [0, 0.1) is 0 Å². The van der Waals surface area contributed by atoms with Gasteiger partial charge < -0.3 is 0 Å². The number of nitrogens with zero attached hydrogens (tertiary/aromatic N) is 3. The molecule has 100 valence electrons. The summed E-state index contributed by atoms with van der Waals surface area (Å²) in [5.41, 5.74) is 0.567. The third kappa shape index (κ3) is 2.59. The van der Waals surface area contributed by atoms with Crippen molar-refractivity contribution in [1.82, 2.24) is 14.6 Å². The molecule has 2 heterocycles. The fraction of sp³-hybridized carbons (Fsp3) is 0.417. The van der Waals surface area contributed by atoms with Gasteiger partial charge in [-0.15, -0.1) is 10.2 Å². The minimum Gasteiger partial charge on any atom is -0.298 e. The first kappa shape index (κ1) is 13.2. The molecule has 1 aliphatic rings. The first-order chi connectivity index (χ1) is 9.15. The Balaban J connectivity index is 1.95. The third-order valence-corrected chi connectivity index (χ3v) is 4.90. The average Bonchev–Trinajstić information content (AvgIpc) is 2.76. The lowest BCUT2D eigenvalue weighted by atomic mass is 9.99. The van der Waals surface area contributed by atoms with E-state index in [4.69, 9.17) is 23.2 Å². The number of aromatic nitrogens is 3. The molecule has 0 amide bonds. The molecule has 0 aromatic carbocycles. The van der Waals surface area contributed by atoms with Gasteiger partial charge in [0.25, 0.3) is 0 Å². The van der Waals surface area contributed by atoms with E-state index < -0.39 is 0 Å². The molecule has 2 aromatic rings. The molecule has 19 heavy (non-hydrogen) atoms. The summed E-state index contributed by atoms with van der Waals surface area (Å²) in [6, 6.07) is 1.63. The van der Waals surface area contributed by atoms with Crippen LogP contribution in [0.4, 0.5) is 0 Å². The number of pyridine rings is 1. The second-order valence-electron chi connectivity index (χ2n) is 4.50. The molecule has 7 heteroatoms. The predicted molar refractivity (Wildman–Crippen MR) is 76.1 cm³/mol. The number of hydrogen-bond donors (Lipinski definition) is 0. The van der Waals surface area contributed by atoms with Crippen molar-refractivity contribution in [1.29, 1.82) is 0 Å². The third-order valence-electron chi connectivity index (χ3n) is 3.14. The van der Waals surface area contributed by atoms with Crippen LogP contribution in [0.2, 0.25) is 10.0 Å². The van der Waals surface area contributed by atoms with Crippen molar-refractivity contribution < 1.29 is 4.79 Å². The number of rotatable bonds is 2. The summed E-state index contributed by atoms with van der Waals surface area (Å²) in [6.45, 7) is 0. The van der Waals surface area contributed by atoms with E-state index in [2.05, 4.69) is 10.2 Å². The van der Waals surface area contributed by atoms with Crippen molar-refractivity contribution in [2.75, 3.05) is 0 Å². The molecule has 4 nitrogen and oxygen atoms in total. The van der Waals surface area contributed by atoms with Gasteiger partial charge in [0, 0.05) is 12.6 Å². The molecule has 3 rings (SSSR count). The Kier molecular flexibility index (Phi) is 3.69. The van der Waals surface area contributed by atoms with Crippen LogP contribution in [0.5, 0.6) is 0 Å². The van der Waals surface area contributed by atoms with E-state index in [0.29, 0.717) is 33.1 Å². The van der Waals surface area contributed by atoms with Gasteiger partial charge in [-0.3, -0.25) is 9.20 Å². The van der Waals surface area contributed by atoms with Crippen molar-refractivity contribution in [2.45, 2.75) is 36.1 Å². The Morgan fingerprint density at radius 2 is 2.16 bits per heavy atom. The monoisotopic (exact) mass is 315 g/mol. The zero-order valence-corrected chi connectivity index (χ0v) is 12.3. The quantitative estimate of drug-likeness (QED) is 0.848. The number of ketones is 1. The standard InChI is InChI=1S/C12H11Cl2N3OS/c13-7-5-8(14)11-15-16-12(17(11)6-7)19-10-4-2-1-3-9(10)18/h5-6,10H,1-4H2/t10-/m0/s1. The Labute approximate surface area is 124 Å². The largest absolute Gasteiger partial charge is 0.298 e. The Hall–Kier alpha value is -0.780. The topological polar surface area (TPSA) is 47.3 Å². The van der Waals surface area contributed by atoms with Gasteiger partial charge in [-0.1, -0.05) is 41.4 Å². The lowest BCUT2D eigenvalue weighted by Crippen LogP contribution is -2.21. The van der Waals surface area contributed by atoms with Crippen molar-refractivity contribution >= 4 is 46.4 Å². The normalized spacial score (nSPS) is 20.1. The first-order valence-electron chi connectivity index (χ1n) is 6.04. The van der Waals surface area contributed by atoms with Gasteiger partial charge in [-0.2, -0.15) is 0 Å². The second kappa shape index (κ2) is 5.31. The second-order valence-corrected chi connectivity index (χ2v) is 6.51. The van der Waals surface area contributed by atoms with Crippen LogP contribution in [-0.2, 0) is 4.79 Å². The van der Waals surface area contributed by atoms with Crippen LogP contribution < -0.4 is 0 Å². The maximum atomic E-state index is 11.9. The molecule has 0 radical (unpaired) electrons. The summed E-state index contributed by atoms with van der Waals surface area (Å²) in [6.07, 6.45) is 5.36. The molecule has 2 aromatic heterocycles. The average molecular weight is 316 g/mol. The first-order valence-corrected chi connectivity index (χ1v) is 7.68. The van der Waals surface area contributed by atoms with Crippen molar-refractivity contribution in [3.05, 3.63) is 22.3 Å². The summed E-state index contributed by atoms with van der Waals surface area (Å²) in [4.78, 5) is 11.9. The van der Waals surface area contributed by atoms with Crippen molar-refractivity contribution in [2.24, 2.45) is 0 Å². The van der Waals surface area contributed by atoms with E-state index in [0.717, 1.165) is 19.3 Å². The lowest BCUT2D eigenvalue weighted by molar-refractivity contribution is -0.119. The predicted octanol–water partition coefficient (Wildman–Crippen LogP) is 3.64. The SMILES string of the molecule is O=C1CCCC[C@@H]1Sc1nnc2c(Cl)cc(Cl)cn12. The zero-order chi connectivity index (χ0) is 13.4. The maximum absolute atomic E-state index is 11.9. The van der Waals surface area contributed by atoms with Gasteiger partial charge >= 0.3 is 0 Å². The van der Waals surface area contributed by atoms with E-state index in [1.54, 1.807) is 16.7 Å². The van der Waals surface area contributed by atoms with E-state index in [-0.39, 0.29) is 5.25 Å². The van der Waals surface area contributed by atoms with Crippen LogP contribution >= 0.6 is 35.0 Å². The van der Waals surface area contributed by atoms with E-state index in [1.165, 1.54) is 11.8 Å². The van der Waals surface area contributed by atoms with Crippen molar-refractivity contribution in [3.63, 3.8) is 0 Å². The highest BCUT2D eigenvalue weighted by Crippen LogP contribution is 2.32. The number of Topliss-reactive ketones (excluding diaryl/α,β-unsaturated/α-hetero) is 1. The van der Waals surface area contributed by atoms with Crippen LogP contribution in [0.15, 0.2) is 17.4 Å². The molecule has 0 aliphatic heterocycles. The van der Waals surface area contributed by atoms with Gasteiger partial charge in [-0.25, -0.2) is 0 Å². The Bertz CT molecular complexity index is 643. The Morgan fingerprint density at radius 3 is 2.95 bits per heavy atom. The summed E-state index contributed by atoms with van der Waals surface area (Å²) in [5, 5.41) is 9.77. The molecule has 1 atom stereocenters. The highest BCUT2D eigenvalue weighted by atomic mass is 35.5. The van der Waals surface area contributed by atoms with Gasteiger partial charge in [0.05, 0.1) is 15.3 Å². The number of hydrogen-bond acceptors (Lipinski definition) is 4. The number of carbonyl (C=O) groups is 1. The summed E-state index contributed by atoms with van der Waals surface area (Å²) < 4.78 is 1.75. The number of fused-ring (bicyclic) bond motifs is 1. The molecule has 1 saturated carbocycles. The van der Waals surface area contributed by atoms with E-state index in [1.807, 2.05) is 0 Å².